The zero-order valence-electron chi connectivity index (χ0n) is 18.2. The standard InChI is InChI=1S/C23H28FN7O/c1-29(11-2-4-20-16-21(28-27-20)18-5-7-19(24)8-6-18)17-22(32)30-12-14-31(15-13-30)23-25-9-3-10-26-23/h3,5-10,16H,2,4,11-15,17H2,1H3,(H,27,28). The number of carbonyl (C=O) groups is 1. The normalized spacial score (nSPS) is 14.2. The van der Waals surface area contributed by atoms with Gasteiger partial charge in [0.15, 0.2) is 0 Å². The van der Waals surface area contributed by atoms with Gasteiger partial charge in [0.1, 0.15) is 5.82 Å². The summed E-state index contributed by atoms with van der Waals surface area (Å²) in [5, 5.41) is 7.37. The van der Waals surface area contributed by atoms with E-state index >= 15 is 0 Å². The van der Waals surface area contributed by atoms with Gasteiger partial charge in [-0.25, -0.2) is 14.4 Å². The molecule has 1 aliphatic rings. The average Bonchev–Trinajstić information content (AvgIpc) is 3.29. The van der Waals surface area contributed by atoms with Gasteiger partial charge >= 0.3 is 0 Å². The molecule has 0 aliphatic carbocycles. The number of benzene rings is 1. The summed E-state index contributed by atoms with van der Waals surface area (Å²) >= 11 is 0. The SMILES string of the molecule is CN(CCCc1cc(-c2ccc(F)cc2)n[nH]1)CC(=O)N1CCN(c2ncccn2)CC1. The molecule has 1 aromatic carbocycles. The van der Waals surface area contributed by atoms with Gasteiger partial charge < -0.3 is 9.80 Å². The predicted molar refractivity (Wildman–Crippen MR) is 121 cm³/mol. The van der Waals surface area contributed by atoms with E-state index < -0.39 is 0 Å². The van der Waals surface area contributed by atoms with E-state index in [9.17, 15) is 9.18 Å². The summed E-state index contributed by atoms with van der Waals surface area (Å²) in [5.74, 6) is 0.619. The fourth-order valence-corrected chi connectivity index (χ4v) is 3.82. The molecule has 32 heavy (non-hydrogen) atoms. The molecular weight excluding hydrogens is 409 g/mol. The molecule has 1 amide bonds. The molecule has 1 N–H and O–H groups in total. The third kappa shape index (κ3) is 5.67. The Labute approximate surface area is 187 Å². The second-order valence-corrected chi connectivity index (χ2v) is 8.04. The van der Waals surface area contributed by atoms with Crippen LogP contribution < -0.4 is 4.90 Å². The fourth-order valence-electron chi connectivity index (χ4n) is 3.82. The zero-order valence-corrected chi connectivity index (χ0v) is 18.2. The minimum Gasteiger partial charge on any atom is -0.338 e. The quantitative estimate of drug-likeness (QED) is 0.582. The lowest BCUT2D eigenvalue weighted by Crippen LogP contribution is -2.51. The van der Waals surface area contributed by atoms with Crippen molar-refractivity contribution in [2.24, 2.45) is 0 Å². The first-order valence-electron chi connectivity index (χ1n) is 10.9. The first-order chi connectivity index (χ1) is 15.6. The van der Waals surface area contributed by atoms with E-state index in [0.29, 0.717) is 19.6 Å². The van der Waals surface area contributed by atoms with E-state index in [2.05, 4.69) is 30.0 Å². The number of hydrogen-bond donors (Lipinski definition) is 1. The van der Waals surface area contributed by atoms with E-state index in [1.807, 2.05) is 18.0 Å². The van der Waals surface area contributed by atoms with Crippen molar-refractivity contribution >= 4 is 11.9 Å². The number of hydrogen-bond acceptors (Lipinski definition) is 6. The van der Waals surface area contributed by atoms with Crippen LogP contribution >= 0.6 is 0 Å². The van der Waals surface area contributed by atoms with Crippen LogP contribution in [0.2, 0.25) is 0 Å². The van der Waals surface area contributed by atoms with Crippen molar-refractivity contribution < 1.29 is 9.18 Å². The van der Waals surface area contributed by atoms with Crippen molar-refractivity contribution in [2.45, 2.75) is 12.8 Å². The van der Waals surface area contributed by atoms with Crippen molar-refractivity contribution in [3.8, 4) is 11.3 Å². The molecular formula is C23H28FN7O. The third-order valence-electron chi connectivity index (χ3n) is 5.63. The summed E-state index contributed by atoms with van der Waals surface area (Å²) in [6.45, 7) is 4.09. The van der Waals surface area contributed by atoms with Crippen LogP contribution in [0.3, 0.4) is 0 Å². The van der Waals surface area contributed by atoms with E-state index in [0.717, 1.165) is 55.4 Å². The number of H-pyrrole nitrogens is 1. The highest BCUT2D eigenvalue weighted by Gasteiger charge is 2.23. The van der Waals surface area contributed by atoms with Gasteiger partial charge in [-0.2, -0.15) is 5.10 Å². The summed E-state index contributed by atoms with van der Waals surface area (Å²) in [4.78, 5) is 27.3. The van der Waals surface area contributed by atoms with Gasteiger partial charge in [-0.3, -0.25) is 14.8 Å². The smallest absolute Gasteiger partial charge is 0.236 e. The van der Waals surface area contributed by atoms with Crippen LogP contribution in [0.5, 0.6) is 0 Å². The Morgan fingerprint density at radius 1 is 1.12 bits per heavy atom. The fraction of sp³-hybridized carbons (Fsp3) is 0.391. The number of aromatic amines is 1. The molecule has 3 heterocycles. The van der Waals surface area contributed by atoms with Crippen LogP contribution in [-0.4, -0.2) is 82.2 Å². The molecule has 0 unspecified atom stereocenters. The molecule has 1 aliphatic heterocycles. The molecule has 0 bridgehead atoms. The lowest BCUT2D eigenvalue weighted by atomic mass is 10.1. The van der Waals surface area contributed by atoms with E-state index in [1.54, 1.807) is 30.6 Å². The highest BCUT2D eigenvalue weighted by Crippen LogP contribution is 2.18. The molecule has 1 saturated heterocycles. The molecule has 9 heteroatoms. The number of carbonyl (C=O) groups excluding carboxylic acids is 1. The van der Waals surface area contributed by atoms with Gasteiger partial charge in [0.25, 0.3) is 0 Å². The second-order valence-electron chi connectivity index (χ2n) is 8.04. The van der Waals surface area contributed by atoms with Crippen molar-refractivity contribution in [1.29, 1.82) is 0 Å². The molecule has 2 aromatic heterocycles. The molecule has 168 valence electrons. The van der Waals surface area contributed by atoms with Gasteiger partial charge in [-0.05, 0) is 62.8 Å². The highest BCUT2D eigenvalue weighted by atomic mass is 19.1. The molecule has 0 atom stereocenters. The number of nitrogens with zero attached hydrogens (tertiary/aromatic N) is 6. The number of likely N-dealkylation sites (N-methyl/N-ethyl adjacent to an activating group) is 1. The largest absolute Gasteiger partial charge is 0.338 e. The lowest BCUT2D eigenvalue weighted by Gasteiger charge is -2.35. The second kappa shape index (κ2) is 10.3. The van der Waals surface area contributed by atoms with Gasteiger partial charge in [-0.1, -0.05) is 0 Å². The van der Waals surface area contributed by atoms with Crippen molar-refractivity contribution in [3.05, 3.63) is 60.3 Å². The monoisotopic (exact) mass is 437 g/mol. The molecule has 8 nitrogen and oxygen atoms in total. The van der Waals surface area contributed by atoms with Gasteiger partial charge in [0, 0.05) is 49.8 Å². The summed E-state index contributed by atoms with van der Waals surface area (Å²) in [7, 11) is 1.98. The van der Waals surface area contributed by atoms with Crippen LogP contribution in [0.1, 0.15) is 12.1 Å². The number of nitrogens with one attached hydrogen (secondary N) is 1. The molecule has 0 spiro atoms. The van der Waals surface area contributed by atoms with E-state index in [-0.39, 0.29) is 11.7 Å². The minimum atomic E-state index is -0.255. The van der Waals surface area contributed by atoms with Crippen molar-refractivity contribution in [3.63, 3.8) is 0 Å². The molecule has 4 rings (SSSR count). The van der Waals surface area contributed by atoms with Crippen molar-refractivity contribution in [1.82, 2.24) is 30.0 Å². The molecule has 3 aromatic rings. The number of rotatable bonds is 8. The number of aromatic nitrogens is 4. The maximum atomic E-state index is 13.1. The zero-order chi connectivity index (χ0) is 22.3. The molecule has 1 fully saturated rings. The average molecular weight is 438 g/mol. The van der Waals surface area contributed by atoms with E-state index in [1.165, 1.54) is 12.1 Å². The van der Waals surface area contributed by atoms with Crippen LogP contribution in [0.4, 0.5) is 10.3 Å². The maximum Gasteiger partial charge on any atom is 0.236 e. The first-order valence-corrected chi connectivity index (χ1v) is 10.9. The Morgan fingerprint density at radius 3 is 2.56 bits per heavy atom. The number of anilines is 1. The number of amides is 1. The lowest BCUT2D eigenvalue weighted by molar-refractivity contribution is -0.132. The third-order valence-corrected chi connectivity index (χ3v) is 5.63. The van der Waals surface area contributed by atoms with Crippen molar-refractivity contribution in [2.75, 3.05) is 51.2 Å². The van der Waals surface area contributed by atoms with Gasteiger partial charge in [0.2, 0.25) is 11.9 Å². The Morgan fingerprint density at radius 2 is 1.84 bits per heavy atom. The number of aryl methyl sites for hydroxylation is 1. The predicted octanol–water partition coefficient (Wildman–Crippen LogP) is 2.22. The molecule has 0 saturated carbocycles. The summed E-state index contributed by atoms with van der Waals surface area (Å²) in [5.41, 5.74) is 2.72. The minimum absolute atomic E-state index is 0.154. The van der Waals surface area contributed by atoms with Gasteiger partial charge in [-0.15, -0.1) is 0 Å². The summed E-state index contributed by atoms with van der Waals surface area (Å²) < 4.78 is 13.1. The maximum absolute atomic E-state index is 13.1. The molecule has 0 radical (unpaired) electrons. The summed E-state index contributed by atoms with van der Waals surface area (Å²) in [6, 6.07) is 10.1. The topological polar surface area (TPSA) is 81.3 Å². The Balaban J connectivity index is 1.17. The van der Waals surface area contributed by atoms with Gasteiger partial charge in [0.05, 0.1) is 12.2 Å². The Bertz CT molecular complexity index is 1000. The Kier molecular flexibility index (Phi) is 7.06. The Hall–Kier alpha value is -3.33. The summed E-state index contributed by atoms with van der Waals surface area (Å²) in [6.07, 6.45) is 5.22. The van der Waals surface area contributed by atoms with Crippen LogP contribution in [0.25, 0.3) is 11.3 Å². The number of piperazine rings is 1. The number of halogens is 1. The van der Waals surface area contributed by atoms with Crippen LogP contribution in [-0.2, 0) is 11.2 Å². The van der Waals surface area contributed by atoms with Crippen LogP contribution in [0.15, 0.2) is 48.8 Å². The first kappa shape index (κ1) is 21.9. The van der Waals surface area contributed by atoms with E-state index in [4.69, 9.17) is 0 Å². The van der Waals surface area contributed by atoms with Crippen LogP contribution in [0, 0.1) is 5.82 Å². The highest BCUT2D eigenvalue weighted by molar-refractivity contribution is 5.78.